The zero-order valence-electron chi connectivity index (χ0n) is 10.2. The first-order valence-electron chi connectivity index (χ1n) is 5.99. The molecule has 3 rings (SSSR count). The molecule has 3 aromatic rings. The van der Waals surface area contributed by atoms with Gasteiger partial charge in [0.15, 0.2) is 0 Å². The van der Waals surface area contributed by atoms with Crippen LogP contribution in [0.3, 0.4) is 0 Å². The number of rotatable bonds is 3. The summed E-state index contributed by atoms with van der Waals surface area (Å²) in [6, 6.07) is 9.97. The molecule has 2 aromatic heterocycles. The molecule has 19 heavy (non-hydrogen) atoms. The van der Waals surface area contributed by atoms with E-state index in [1.54, 1.807) is 18.5 Å². The number of aromatic nitrogens is 2. The van der Waals surface area contributed by atoms with Gasteiger partial charge in [-0.05, 0) is 17.0 Å². The first kappa shape index (κ1) is 11.9. The molecule has 0 bridgehead atoms. The lowest BCUT2D eigenvalue weighted by Gasteiger charge is -2.09. The predicted octanol–water partition coefficient (Wildman–Crippen LogP) is 3.90. The van der Waals surface area contributed by atoms with Crippen molar-refractivity contribution >= 4 is 28.1 Å². The van der Waals surface area contributed by atoms with Gasteiger partial charge >= 0.3 is 0 Å². The minimum Gasteiger partial charge on any atom is -0.378 e. The fourth-order valence-corrected chi connectivity index (χ4v) is 2.19. The highest BCUT2D eigenvalue weighted by molar-refractivity contribution is 6.33. The van der Waals surface area contributed by atoms with Crippen LogP contribution < -0.4 is 5.32 Å². The zero-order chi connectivity index (χ0) is 13.1. The summed E-state index contributed by atoms with van der Waals surface area (Å²) in [6.45, 7) is 0.666. The quantitative estimate of drug-likeness (QED) is 0.784. The fraction of sp³-hybridized carbons (Fsp3) is 0.0667. The lowest BCUT2D eigenvalue weighted by molar-refractivity contribution is 1.13. The number of benzene rings is 1. The van der Waals surface area contributed by atoms with Gasteiger partial charge in [-0.2, -0.15) is 0 Å². The van der Waals surface area contributed by atoms with Crippen molar-refractivity contribution in [3.05, 3.63) is 65.7 Å². The largest absolute Gasteiger partial charge is 0.378 e. The molecular weight excluding hydrogens is 258 g/mol. The number of hydrogen-bond acceptors (Lipinski definition) is 3. The lowest BCUT2D eigenvalue weighted by atomic mass is 10.1. The summed E-state index contributed by atoms with van der Waals surface area (Å²) >= 11 is 6.09. The van der Waals surface area contributed by atoms with Gasteiger partial charge in [0.2, 0.25) is 0 Å². The first-order valence-corrected chi connectivity index (χ1v) is 6.37. The van der Waals surface area contributed by atoms with Crippen molar-refractivity contribution in [3.63, 3.8) is 0 Å². The molecule has 0 aliphatic rings. The second-order valence-electron chi connectivity index (χ2n) is 4.23. The number of nitrogens with zero attached hydrogens (tertiary/aromatic N) is 2. The number of hydrogen-bond donors (Lipinski definition) is 1. The van der Waals surface area contributed by atoms with E-state index < -0.39 is 0 Å². The molecule has 0 saturated carbocycles. The van der Waals surface area contributed by atoms with Crippen LogP contribution in [0.25, 0.3) is 10.8 Å². The SMILES string of the molecule is Clc1ccncc1NCc1cncc2ccccc12. The Kier molecular flexibility index (Phi) is 3.29. The monoisotopic (exact) mass is 269 g/mol. The molecule has 0 fully saturated rings. The van der Waals surface area contributed by atoms with Gasteiger partial charge in [-0.1, -0.05) is 35.9 Å². The molecule has 0 aliphatic carbocycles. The highest BCUT2D eigenvalue weighted by Crippen LogP contribution is 2.22. The molecule has 1 N–H and O–H groups in total. The molecule has 1 aromatic carbocycles. The fourth-order valence-electron chi connectivity index (χ4n) is 2.02. The summed E-state index contributed by atoms with van der Waals surface area (Å²) in [7, 11) is 0. The Morgan fingerprint density at radius 1 is 1.00 bits per heavy atom. The number of pyridine rings is 2. The molecule has 94 valence electrons. The van der Waals surface area contributed by atoms with E-state index in [0.29, 0.717) is 11.6 Å². The molecule has 0 saturated heterocycles. The van der Waals surface area contributed by atoms with Crippen LogP contribution in [0.4, 0.5) is 5.69 Å². The highest BCUT2D eigenvalue weighted by Gasteiger charge is 2.03. The summed E-state index contributed by atoms with van der Waals surface area (Å²) in [5.74, 6) is 0. The summed E-state index contributed by atoms with van der Waals surface area (Å²) in [4.78, 5) is 8.32. The van der Waals surface area contributed by atoms with Gasteiger partial charge in [0.05, 0.1) is 16.9 Å². The van der Waals surface area contributed by atoms with E-state index >= 15 is 0 Å². The Labute approximate surface area is 116 Å². The Bertz CT molecular complexity index is 707. The van der Waals surface area contributed by atoms with Crippen LogP contribution in [0.2, 0.25) is 5.02 Å². The van der Waals surface area contributed by atoms with Crippen LogP contribution in [-0.4, -0.2) is 9.97 Å². The van der Waals surface area contributed by atoms with Crippen molar-refractivity contribution in [3.8, 4) is 0 Å². The molecule has 0 unspecified atom stereocenters. The average Bonchev–Trinajstić information content (AvgIpc) is 2.46. The highest BCUT2D eigenvalue weighted by atomic mass is 35.5. The minimum atomic E-state index is 0.666. The van der Waals surface area contributed by atoms with Gasteiger partial charge in [0.1, 0.15) is 0 Å². The molecule has 0 spiro atoms. The van der Waals surface area contributed by atoms with Gasteiger partial charge < -0.3 is 5.32 Å². The second-order valence-corrected chi connectivity index (χ2v) is 4.64. The smallest absolute Gasteiger partial charge is 0.0718 e. The third-order valence-electron chi connectivity index (χ3n) is 2.99. The lowest BCUT2D eigenvalue weighted by Crippen LogP contribution is -2.01. The Hall–Kier alpha value is -2.13. The van der Waals surface area contributed by atoms with Gasteiger partial charge in [0, 0.05) is 30.5 Å². The zero-order valence-corrected chi connectivity index (χ0v) is 10.9. The van der Waals surface area contributed by atoms with Crippen molar-refractivity contribution < 1.29 is 0 Å². The van der Waals surface area contributed by atoms with Gasteiger partial charge in [-0.3, -0.25) is 9.97 Å². The molecule has 2 heterocycles. The molecule has 4 heteroatoms. The topological polar surface area (TPSA) is 37.8 Å². The van der Waals surface area contributed by atoms with Gasteiger partial charge in [-0.25, -0.2) is 0 Å². The third-order valence-corrected chi connectivity index (χ3v) is 3.32. The maximum atomic E-state index is 6.09. The first-order chi connectivity index (χ1) is 9.34. The van der Waals surface area contributed by atoms with Crippen LogP contribution in [0.15, 0.2) is 55.1 Å². The standard InChI is InChI=1S/C15H12ClN3/c16-14-5-6-17-10-15(14)19-9-12-8-18-7-11-3-1-2-4-13(11)12/h1-8,10,19H,9H2. The van der Waals surface area contributed by atoms with E-state index in [0.717, 1.165) is 16.6 Å². The normalized spacial score (nSPS) is 10.6. The van der Waals surface area contributed by atoms with E-state index in [1.807, 2.05) is 24.5 Å². The van der Waals surface area contributed by atoms with Gasteiger partial charge in [-0.15, -0.1) is 0 Å². The van der Waals surface area contributed by atoms with Crippen LogP contribution in [0, 0.1) is 0 Å². The van der Waals surface area contributed by atoms with Crippen molar-refractivity contribution in [1.29, 1.82) is 0 Å². The number of halogens is 1. The molecule has 0 radical (unpaired) electrons. The predicted molar refractivity (Wildman–Crippen MR) is 78.3 cm³/mol. The number of fused-ring (bicyclic) bond motifs is 1. The summed E-state index contributed by atoms with van der Waals surface area (Å²) in [5, 5.41) is 6.29. The van der Waals surface area contributed by atoms with Gasteiger partial charge in [0.25, 0.3) is 0 Å². The van der Waals surface area contributed by atoms with Crippen molar-refractivity contribution in [2.45, 2.75) is 6.54 Å². The van der Waals surface area contributed by atoms with Crippen molar-refractivity contribution in [2.75, 3.05) is 5.32 Å². The van der Waals surface area contributed by atoms with Crippen LogP contribution >= 0.6 is 11.6 Å². The average molecular weight is 270 g/mol. The van der Waals surface area contributed by atoms with Crippen LogP contribution in [-0.2, 0) is 6.54 Å². The molecular formula is C15H12ClN3. The summed E-state index contributed by atoms with van der Waals surface area (Å²) in [6.07, 6.45) is 7.14. The van der Waals surface area contributed by atoms with E-state index in [9.17, 15) is 0 Å². The van der Waals surface area contributed by atoms with E-state index in [4.69, 9.17) is 11.6 Å². The molecule has 0 atom stereocenters. The summed E-state index contributed by atoms with van der Waals surface area (Å²) in [5.41, 5.74) is 1.97. The minimum absolute atomic E-state index is 0.666. The third kappa shape index (κ3) is 2.51. The van der Waals surface area contributed by atoms with Crippen molar-refractivity contribution in [2.24, 2.45) is 0 Å². The van der Waals surface area contributed by atoms with Crippen LogP contribution in [0.5, 0.6) is 0 Å². The Balaban J connectivity index is 1.88. The molecule has 0 aliphatic heterocycles. The van der Waals surface area contributed by atoms with Crippen LogP contribution in [0.1, 0.15) is 5.56 Å². The Morgan fingerprint density at radius 3 is 2.79 bits per heavy atom. The maximum Gasteiger partial charge on any atom is 0.0718 e. The second kappa shape index (κ2) is 5.24. The van der Waals surface area contributed by atoms with Crippen molar-refractivity contribution in [1.82, 2.24) is 9.97 Å². The molecule has 0 amide bonds. The van der Waals surface area contributed by atoms with E-state index in [-0.39, 0.29) is 0 Å². The number of anilines is 1. The number of nitrogens with one attached hydrogen (secondary N) is 1. The van der Waals surface area contributed by atoms with E-state index in [1.165, 1.54) is 5.39 Å². The van der Waals surface area contributed by atoms with E-state index in [2.05, 4.69) is 27.4 Å². The Morgan fingerprint density at radius 2 is 1.89 bits per heavy atom. The summed E-state index contributed by atoms with van der Waals surface area (Å²) < 4.78 is 0. The molecule has 3 nitrogen and oxygen atoms in total. The maximum absolute atomic E-state index is 6.09.